The van der Waals surface area contributed by atoms with Crippen molar-refractivity contribution in [3.63, 3.8) is 0 Å². The molecule has 5 nitrogen and oxygen atoms in total. The Morgan fingerprint density at radius 2 is 1.73 bits per heavy atom. The normalized spacial score (nSPS) is 11.0. The van der Waals surface area contributed by atoms with Gasteiger partial charge in [0, 0.05) is 12.3 Å². The summed E-state index contributed by atoms with van der Waals surface area (Å²) in [5.74, 6) is 1.73. The molecule has 26 heavy (non-hydrogen) atoms. The van der Waals surface area contributed by atoms with Gasteiger partial charge in [-0.1, -0.05) is 24.3 Å². The molecule has 0 spiro atoms. The predicted molar refractivity (Wildman–Crippen MR) is 99.5 cm³/mol. The standard InChI is InChI=1S/C21H18N2O3/c1-14(2)24-17-9-6-15(7-10-17)16-8-11-19-18(13-16)21(23-26-19)25-20-5-3-4-12-22-20/h3-14H,1-2H3. The Labute approximate surface area is 151 Å². The van der Waals surface area contributed by atoms with E-state index in [1.165, 1.54) is 0 Å². The van der Waals surface area contributed by atoms with Gasteiger partial charge < -0.3 is 14.0 Å². The highest BCUT2D eigenvalue weighted by Crippen LogP contribution is 2.32. The largest absolute Gasteiger partial charge is 0.491 e. The van der Waals surface area contributed by atoms with Gasteiger partial charge in [0.15, 0.2) is 5.58 Å². The monoisotopic (exact) mass is 346 g/mol. The van der Waals surface area contributed by atoms with Gasteiger partial charge in [-0.2, -0.15) is 0 Å². The number of benzene rings is 2. The van der Waals surface area contributed by atoms with Crippen molar-refractivity contribution in [2.45, 2.75) is 20.0 Å². The molecule has 130 valence electrons. The van der Waals surface area contributed by atoms with Gasteiger partial charge in [0.2, 0.25) is 5.88 Å². The Balaban J connectivity index is 1.65. The minimum atomic E-state index is 0.153. The van der Waals surface area contributed by atoms with Crippen LogP contribution in [0.25, 0.3) is 22.1 Å². The van der Waals surface area contributed by atoms with Gasteiger partial charge in [-0.05, 0) is 60.5 Å². The molecule has 0 aliphatic heterocycles. The zero-order valence-corrected chi connectivity index (χ0v) is 14.5. The molecule has 0 N–H and O–H groups in total. The highest BCUT2D eigenvalue weighted by Gasteiger charge is 2.12. The minimum Gasteiger partial charge on any atom is -0.491 e. The fraction of sp³-hybridized carbons (Fsp3) is 0.143. The van der Waals surface area contributed by atoms with E-state index in [-0.39, 0.29) is 6.10 Å². The van der Waals surface area contributed by atoms with E-state index in [4.69, 9.17) is 14.0 Å². The summed E-state index contributed by atoms with van der Waals surface area (Å²) >= 11 is 0. The van der Waals surface area contributed by atoms with E-state index in [1.807, 2.05) is 68.4 Å². The Hall–Kier alpha value is -3.34. The van der Waals surface area contributed by atoms with Crippen molar-refractivity contribution < 1.29 is 14.0 Å². The van der Waals surface area contributed by atoms with Gasteiger partial charge in [0.25, 0.3) is 5.88 Å². The first-order chi connectivity index (χ1) is 12.7. The molecule has 0 saturated heterocycles. The molecule has 0 aliphatic carbocycles. The maximum Gasteiger partial charge on any atom is 0.268 e. The fourth-order valence-electron chi connectivity index (χ4n) is 2.67. The van der Waals surface area contributed by atoms with Gasteiger partial charge in [0.1, 0.15) is 5.75 Å². The van der Waals surface area contributed by atoms with Crippen molar-refractivity contribution in [1.29, 1.82) is 0 Å². The Morgan fingerprint density at radius 3 is 2.46 bits per heavy atom. The molecule has 0 radical (unpaired) electrons. The van der Waals surface area contributed by atoms with Crippen LogP contribution in [0.4, 0.5) is 0 Å². The molecule has 0 saturated carbocycles. The van der Waals surface area contributed by atoms with Crippen LogP contribution in [0.3, 0.4) is 0 Å². The lowest BCUT2D eigenvalue weighted by molar-refractivity contribution is 0.242. The molecular weight excluding hydrogens is 328 g/mol. The van der Waals surface area contributed by atoms with Gasteiger partial charge in [-0.25, -0.2) is 4.98 Å². The number of nitrogens with zero attached hydrogens (tertiary/aromatic N) is 2. The number of rotatable bonds is 5. The first-order valence-corrected chi connectivity index (χ1v) is 8.44. The molecule has 4 rings (SSSR count). The topological polar surface area (TPSA) is 57.4 Å². The van der Waals surface area contributed by atoms with Crippen molar-refractivity contribution >= 4 is 11.0 Å². The molecule has 0 unspecified atom stereocenters. The van der Waals surface area contributed by atoms with Crippen LogP contribution >= 0.6 is 0 Å². The number of pyridine rings is 1. The van der Waals surface area contributed by atoms with E-state index in [0.29, 0.717) is 17.3 Å². The first-order valence-electron chi connectivity index (χ1n) is 8.44. The second-order valence-corrected chi connectivity index (χ2v) is 6.16. The molecule has 0 amide bonds. The first kappa shape index (κ1) is 16.1. The molecule has 5 heteroatoms. The van der Waals surface area contributed by atoms with Gasteiger partial charge in [-0.15, -0.1) is 0 Å². The van der Waals surface area contributed by atoms with Crippen LogP contribution in [-0.2, 0) is 0 Å². The lowest BCUT2D eigenvalue weighted by Gasteiger charge is -2.10. The van der Waals surface area contributed by atoms with Crippen molar-refractivity contribution in [2.75, 3.05) is 0 Å². The number of aromatic nitrogens is 2. The third kappa shape index (κ3) is 3.37. The Morgan fingerprint density at radius 1 is 0.923 bits per heavy atom. The van der Waals surface area contributed by atoms with Crippen molar-refractivity contribution in [3.05, 3.63) is 66.9 Å². The van der Waals surface area contributed by atoms with E-state index in [2.05, 4.69) is 10.1 Å². The van der Waals surface area contributed by atoms with E-state index >= 15 is 0 Å². The molecular formula is C21H18N2O3. The summed E-state index contributed by atoms with van der Waals surface area (Å²) in [7, 11) is 0. The van der Waals surface area contributed by atoms with Crippen LogP contribution in [-0.4, -0.2) is 16.2 Å². The molecule has 4 aromatic rings. The van der Waals surface area contributed by atoms with E-state index in [9.17, 15) is 0 Å². The van der Waals surface area contributed by atoms with E-state index in [0.717, 1.165) is 22.3 Å². The summed E-state index contributed by atoms with van der Waals surface area (Å²) in [4.78, 5) is 4.16. The highest BCUT2D eigenvalue weighted by molar-refractivity contribution is 5.87. The van der Waals surface area contributed by atoms with E-state index < -0.39 is 0 Å². The summed E-state index contributed by atoms with van der Waals surface area (Å²) in [5, 5.41) is 4.82. The molecule has 2 aromatic heterocycles. The summed E-state index contributed by atoms with van der Waals surface area (Å²) in [5.41, 5.74) is 2.79. The van der Waals surface area contributed by atoms with Gasteiger partial charge >= 0.3 is 0 Å². The predicted octanol–water partition coefficient (Wildman–Crippen LogP) is 5.47. The second-order valence-electron chi connectivity index (χ2n) is 6.16. The lowest BCUT2D eigenvalue weighted by Crippen LogP contribution is -2.05. The summed E-state index contributed by atoms with van der Waals surface area (Å²) in [6.45, 7) is 4.02. The SMILES string of the molecule is CC(C)Oc1ccc(-c2ccc3onc(Oc4ccccn4)c3c2)cc1. The van der Waals surface area contributed by atoms with Crippen LogP contribution in [0.5, 0.6) is 17.5 Å². The number of ether oxygens (including phenoxy) is 2. The van der Waals surface area contributed by atoms with Crippen LogP contribution in [0.1, 0.15) is 13.8 Å². The Kier molecular flexibility index (Phi) is 4.27. The van der Waals surface area contributed by atoms with Crippen molar-refractivity contribution in [3.8, 4) is 28.6 Å². The summed E-state index contributed by atoms with van der Waals surface area (Å²) in [6, 6.07) is 19.4. The molecule has 0 atom stereocenters. The molecule has 0 bridgehead atoms. The summed E-state index contributed by atoms with van der Waals surface area (Å²) < 4.78 is 16.8. The van der Waals surface area contributed by atoms with Gasteiger partial charge in [-0.3, -0.25) is 0 Å². The lowest BCUT2D eigenvalue weighted by atomic mass is 10.0. The van der Waals surface area contributed by atoms with Gasteiger partial charge in [0.05, 0.1) is 11.5 Å². The average Bonchev–Trinajstić information content (AvgIpc) is 3.05. The Bertz CT molecular complexity index is 1010. The maximum atomic E-state index is 5.75. The summed E-state index contributed by atoms with van der Waals surface area (Å²) in [6.07, 6.45) is 1.82. The maximum absolute atomic E-state index is 5.75. The fourth-order valence-corrected chi connectivity index (χ4v) is 2.67. The van der Waals surface area contributed by atoms with Crippen molar-refractivity contribution in [1.82, 2.24) is 10.1 Å². The van der Waals surface area contributed by atoms with Crippen LogP contribution < -0.4 is 9.47 Å². The third-order valence-corrected chi connectivity index (χ3v) is 3.84. The quantitative estimate of drug-likeness (QED) is 0.479. The second kappa shape index (κ2) is 6.88. The zero-order chi connectivity index (χ0) is 17.9. The highest BCUT2D eigenvalue weighted by atomic mass is 16.5. The van der Waals surface area contributed by atoms with Crippen LogP contribution in [0.15, 0.2) is 71.4 Å². The molecule has 2 heterocycles. The number of hydrogen-bond acceptors (Lipinski definition) is 5. The smallest absolute Gasteiger partial charge is 0.268 e. The molecule has 0 fully saturated rings. The number of hydrogen-bond donors (Lipinski definition) is 0. The minimum absolute atomic E-state index is 0.153. The third-order valence-electron chi connectivity index (χ3n) is 3.84. The molecule has 0 aliphatic rings. The van der Waals surface area contributed by atoms with Crippen LogP contribution in [0.2, 0.25) is 0 Å². The van der Waals surface area contributed by atoms with E-state index in [1.54, 1.807) is 12.3 Å². The van der Waals surface area contributed by atoms with Crippen LogP contribution in [0, 0.1) is 0 Å². The number of fused-ring (bicyclic) bond motifs is 1. The molecule has 2 aromatic carbocycles. The zero-order valence-electron chi connectivity index (χ0n) is 14.5. The average molecular weight is 346 g/mol. The van der Waals surface area contributed by atoms with Crippen molar-refractivity contribution in [2.24, 2.45) is 0 Å².